The number of ether oxygens (including phenoxy) is 4. The molecule has 388 valence electrons. The average molecular weight is 966 g/mol. The van der Waals surface area contributed by atoms with E-state index in [0.29, 0.717) is 70.9 Å². The molecule has 0 aromatic heterocycles. The van der Waals surface area contributed by atoms with E-state index in [-0.39, 0.29) is 107 Å². The number of nitrogens with zero attached hydrogens (tertiary/aromatic N) is 1. The molecule has 0 radical (unpaired) electrons. The summed E-state index contributed by atoms with van der Waals surface area (Å²) in [6, 6.07) is 0. The van der Waals surface area contributed by atoms with Crippen molar-refractivity contribution in [3.8, 4) is 0 Å². The van der Waals surface area contributed by atoms with Crippen LogP contribution < -0.4 is 21.3 Å². The Morgan fingerprint density at radius 3 is 1.22 bits per heavy atom. The molecule has 2 fully saturated rings. The predicted octanol–water partition coefficient (Wildman–Crippen LogP) is -3.21. The summed E-state index contributed by atoms with van der Waals surface area (Å²) in [5, 5.41) is 89.0. The number of carbonyl (C=O) groups excluding carboxylic acids is 6. The van der Waals surface area contributed by atoms with E-state index in [1.165, 1.54) is 0 Å². The molecule has 0 aromatic rings. The van der Waals surface area contributed by atoms with Crippen molar-refractivity contribution in [2.45, 2.75) is 171 Å². The van der Waals surface area contributed by atoms with E-state index in [4.69, 9.17) is 18.9 Å². The first kappa shape index (κ1) is 59.8. The first-order chi connectivity index (χ1) is 32.1. The standard InChI is InChI=1S/C44H79N5O18/c1-2-45-33(54)16-10-5-3-8-14-29(52)24-49(25-30(53)15-9-4-6-11-17-34(55)47-20-22-64-43-41(62)39(60)37(58)31(27-50)66-43)26-36(57)46-19-13-7-12-18-35(56)48-21-23-65-44-42(63)40(61)38(59)32(28-51)67-44/h31-32,37-44,50-51,58-63H,2-28H2,1H3,(H,45,54)(H,46,57)(H,47,55)(H,48,56)/t31-,32-,37-,38-,39+,40+,41+,42+,43+,44+/m1/s1. The molecule has 0 aliphatic carbocycles. The second kappa shape index (κ2) is 34.9. The van der Waals surface area contributed by atoms with Gasteiger partial charge in [0.05, 0.1) is 46.1 Å². The SMILES string of the molecule is CCNC(=O)CCCCCCC(=O)CN(CC(=O)CCCCCCC(=O)NCCO[C@H]1O[C@H](CO)[C@@H](O)[C@H](O)[C@@H]1O)CC(=O)NCCCCCC(=O)NCCO[C@H]1O[C@H](CO)[C@@H](O)[C@H](O)[C@@H]1O. The van der Waals surface area contributed by atoms with Gasteiger partial charge < -0.3 is 81.1 Å². The maximum atomic E-state index is 13.0. The Morgan fingerprint density at radius 2 is 0.821 bits per heavy atom. The molecule has 23 heteroatoms. The topological polar surface area (TPSA) is 353 Å². The highest BCUT2D eigenvalue weighted by molar-refractivity contribution is 5.85. The van der Waals surface area contributed by atoms with E-state index >= 15 is 0 Å². The van der Waals surface area contributed by atoms with Gasteiger partial charge in [0.15, 0.2) is 12.6 Å². The van der Waals surface area contributed by atoms with Gasteiger partial charge in [-0.3, -0.25) is 33.7 Å². The number of aliphatic hydroxyl groups excluding tert-OH is 8. The van der Waals surface area contributed by atoms with Crippen molar-refractivity contribution >= 4 is 35.2 Å². The number of carbonyl (C=O) groups is 6. The molecule has 2 saturated heterocycles. The first-order valence-corrected chi connectivity index (χ1v) is 23.8. The lowest BCUT2D eigenvalue weighted by molar-refractivity contribution is -0.300. The zero-order valence-corrected chi connectivity index (χ0v) is 39.0. The largest absolute Gasteiger partial charge is 0.394 e. The van der Waals surface area contributed by atoms with E-state index in [0.717, 1.165) is 19.3 Å². The van der Waals surface area contributed by atoms with Crippen LogP contribution in [0.2, 0.25) is 0 Å². The summed E-state index contributed by atoms with van der Waals surface area (Å²) in [6.45, 7) is 1.38. The molecule has 2 aliphatic rings. The van der Waals surface area contributed by atoms with Crippen LogP contribution in [0, 0.1) is 0 Å². The zero-order chi connectivity index (χ0) is 49.6. The fourth-order valence-electron chi connectivity index (χ4n) is 7.42. The third-order valence-corrected chi connectivity index (χ3v) is 11.3. The number of unbranched alkanes of at least 4 members (excludes halogenated alkanes) is 8. The van der Waals surface area contributed by atoms with E-state index in [1.54, 1.807) is 4.90 Å². The summed E-state index contributed by atoms with van der Waals surface area (Å²) >= 11 is 0. The van der Waals surface area contributed by atoms with E-state index in [2.05, 4.69) is 21.3 Å². The van der Waals surface area contributed by atoms with E-state index in [9.17, 15) is 69.6 Å². The number of ketones is 2. The molecular formula is C44H79N5O18. The number of nitrogens with one attached hydrogen (secondary N) is 4. The number of aliphatic hydroxyl groups is 8. The number of amides is 4. The number of rotatable bonds is 37. The summed E-state index contributed by atoms with van der Waals surface area (Å²) in [6.07, 6.45) is -5.40. The van der Waals surface area contributed by atoms with Crippen molar-refractivity contribution in [1.29, 1.82) is 0 Å². The van der Waals surface area contributed by atoms with Crippen LogP contribution in [0.3, 0.4) is 0 Å². The van der Waals surface area contributed by atoms with Gasteiger partial charge in [-0.2, -0.15) is 0 Å². The van der Waals surface area contributed by atoms with Crippen molar-refractivity contribution in [2.75, 3.05) is 72.2 Å². The van der Waals surface area contributed by atoms with Crippen LogP contribution in [0.4, 0.5) is 0 Å². The van der Waals surface area contributed by atoms with Gasteiger partial charge in [-0.15, -0.1) is 0 Å². The molecule has 23 nitrogen and oxygen atoms in total. The maximum Gasteiger partial charge on any atom is 0.234 e. The molecule has 67 heavy (non-hydrogen) atoms. The average Bonchev–Trinajstić information content (AvgIpc) is 3.29. The van der Waals surface area contributed by atoms with E-state index in [1.807, 2.05) is 6.92 Å². The third-order valence-electron chi connectivity index (χ3n) is 11.3. The highest BCUT2D eigenvalue weighted by atomic mass is 16.7. The van der Waals surface area contributed by atoms with Crippen LogP contribution >= 0.6 is 0 Å². The normalized spacial score (nSPS) is 25.1. The van der Waals surface area contributed by atoms with Gasteiger partial charge in [0, 0.05) is 58.3 Å². The summed E-state index contributed by atoms with van der Waals surface area (Å²) in [5.74, 6) is -1.04. The smallest absolute Gasteiger partial charge is 0.234 e. The molecule has 10 atom stereocenters. The molecule has 0 aromatic carbocycles. The maximum absolute atomic E-state index is 13.0. The molecule has 4 amide bonds. The lowest BCUT2D eigenvalue weighted by atomic mass is 9.99. The Bertz CT molecular complexity index is 1360. The minimum Gasteiger partial charge on any atom is -0.394 e. The summed E-state index contributed by atoms with van der Waals surface area (Å²) in [4.78, 5) is 76.6. The summed E-state index contributed by atoms with van der Waals surface area (Å²) in [7, 11) is 0. The molecule has 0 bridgehead atoms. The minimum absolute atomic E-state index is 0.000211. The van der Waals surface area contributed by atoms with Crippen molar-refractivity contribution in [3.63, 3.8) is 0 Å². The Morgan fingerprint density at radius 1 is 0.448 bits per heavy atom. The van der Waals surface area contributed by atoms with Gasteiger partial charge in [0.2, 0.25) is 23.6 Å². The molecule has 0 saturated carbocycles. The Hall–Kier alpha value is -3.30. The van der Waals surface area contributed by atoms with Crippen LogP contribution in [0.1, 0.15) is 110 Å². The lowest BCUT2D eigenvalue weighted by Crippen LogP contribution is -2.59. The third kappa shape index (κ3) is 24.7. The van der Waals surface area contributed by atoms with Crippen molar-refractivity contribution < 1.29 is 88.6 Å². The van der Waals surface area contributed by atoms with Crippen LogP contribution in [0.25, 0.3) is 0 Å². The molecule has 0 spiro atoms. The van der Waals surface area contributed by atoms with Gasteiger partial charge in [-0.25, -0.2) is 0 Å². The Labute approximate surface area is 392 Å². The van der Waals surface area contributed by atoms with Crippen LogP contribution in [-0.4, -0.2) is 215 Å². The van der Waals surface area contributed by atoms with Crippen molar-refractivity contribution in [3.05, 3.63) is 0 Å². The van der Waals surface area contributed by atoms with Gasteiger partial charge in [0.1, 0.15) is 60.4 Å². The van der Waals surface area contributed by atoms with Crippen LogP contribution in [0.5, 0.6) is 0 Å². The molecule has 2 heterocycles. The van der Waals surface area contributed by atoms with Crippen molar-refractivity contribution in [2.24, 2.45) is 0 Å². The number of hydrogen-bond acceptors (Lipinski definition) is 19. The Kier molecular flexibility index (Phi) is 31.2. The fourth-order valence-corrected chi connectivity index (χ4v) is 7.42. The zero-order valence-electron chi connectivity index (χ0n) is 39.0. The quantitative estimate of drug-likeness (QED) is 0.0273. The first-order valence-electron chi connectivity index (χ1n) is 23.8. The van der Waals surface area contributed by atoms with Crippen LogP contribution in [-0.2, 0) is 47.7 Å². The van der Waals surface area contributed by atoms with Crippen LogP contribution in [0.15, 0.2) is 0 Å². The number of Topliss-reactive ketones (excluding diaryl/α,β-unsaturated/α-hetero) is 2. The van der Waals surface area contributed by atoms with Gasteiger partial charge in [0.25, 0.3) is 0 Å². The van der Waals surface area contributed by atoms with Crippen molar-refractivity contribution in [1.82, 2.24) is 26.2 Å². The second-order valence-electron chi connectivity index (χ2n) is 17.0. The fraction of sp³-hybridized carbons (Fsp3) is 0.864. The monoisotopic (exact) mass is 966 g/mol. The second-order valence-corrected chi connectivity index (χ2v) is 17.0. The summed E-state index contributed by atoms with van der Waals surface area (Å²) in [5.41, 5.74) is 0. The highest BCUT2D eigenvalue weighted by Crippen LogP contribution is 2.23. The lowest BCUT2D eigenvalue weighted by Gasteiger charge is -2.39. The molecular weight excluding hydrogens is 887 g/mol. The predicted molar refractivity (Wildman–Crippen MR) is 237 cm³/mol. The summed E-state index contributed by atoms with van der Waals surface area (Å²) < 4.78 is 21.3. The molecule has 2 rings (SSSR count). The van der Waals surface area contributed by atoms with Gasteiger partial charge in [-0.05, 0) is 45.4 Å². The molecule has 12 N–H and O–H groups in total. The Balaban J connectivity index is 1.67. The van der Waals surface area contributed by atoms with Gasteiger partial charge in [-0.1, -0.05) is 32.1 Å². The molecule has 2 aliphatic heterocycles. The van der Waals surface area contributed by atoms with E-state index < -0.39 is 74.6 Å². The minimum atomic E-state index is -1.57. The molecule has 0 unspecified atom stereocenters. The highest BCUT2D eigenvalue weighted by Gasteiger charge is 2.45. The van der Waals surface area contributed by atoms with Gasteiger partial charge >= 0.3 is 0 Å². The number of hydrogen-bond donors (Lipinski definition) is 12.